The van der Waals surface area contributed by atoms with Gasteiger partial charge in [0.25, 0.3) is 0 Å². The predicted octanol–water partition coefficient (Wildman–Crippen LogP) is 3.49. The largest absolute Gasteiger partial charge is 0.308 e. The Morgan fingerprint density at radius 2 is 1.93 bits per heavy atom. The molecule has 80 valence electrons. The average molecular weight is 309 g/mol. The number of carbonyl (C=O) groups is 1. The van der Waals surface area contributed by atoms with Gasteiger partial charge in [-0.15, -0.1) is 0 Å². The average Bonchev–Trinajstić information content (AvgIpc) is 2.45. The highest BCUT2D eigenvalue weighted by molar-refractivity contribution is 9.09. The van der Waals surface area contributed by atoms with Crippen molar-refractivity contribution in [1.82, 2.24) is 0 Å². The number of hydrogen-bond acceptors (Lipinski definition) is 1. The van der Waals surface area contributed by atoms with Gasteiger partial charge in [-0.1, -0.05) is 45.2 Å². The van der Waals surface area contributed by atoms with Crippen LogP contribution in [0.3, 0.4) is 0 Å². The second kappa shape index (κ2) is 4.32. The molecule has 0 bridgehead atoms. The number of benzene rings is 1. The van der Waals surface area contributed by atoms with Crippen LogP contribution in [-0.4, -0.2) is 17.3 Å². The summed E-state index contributed by atoms with van der Waals surface area (Å²) in [5.41, 5.74) is 0.618. The molecule has 1 aliphatic rings. The molecule has 2 nitrogen and oxygen atoms in total. The van der Waals surface area contributed by atoms with Crippen molar-refractivity contribution in [3.63, 3.8) is 0 Å². The van der Waals surface area contributed by atoms with E-state index < -0.39 is 0 Å². The molecule has 1 heterocycles. The van der Waals surface area contributed by atoms with Crippen molar-refractivity contribution in [1.29, 1.82) is 0 Å². The number of hydrogen-bond donors (Lipinski definition) is 0. The number of para-hydroxylation sites is 1. The first-order valence-corrected chi connectivity index (χ1v) is 6.15. The minimum Gasteiger partial charge on any atom is -0.308 e. The molecular weight excluding hydrogens is 301 g/mol. The molecule has 1 aromatic rings. The third-order valence-corrected chi connectivity index (χ3v) is 3.51. The number of amides is 1. The van der Waals surface area contributed by atoms with Crippen LogP contribution in [0.25, 0.3) is 0 Å². The highest BCUT2D eigenvalue weighted by Crippen LogP contribution is 2.36. The highest BCUT2D eigenvalue weighted by atomic mass is 79.9. The molecule has 15 heavy (non-hydrogen) atoms. The van der Waals surface area contributed by atoms with E-state index in [0.717, 1.165) is 0 Å². The molecule has 1 unspecified atom stereocenters. The Bertz CT molecular complexity index is 390. The summed E-state index contributed by atoms with van der Waals surface area (Å²) >= 11 is 15.5. The van der Waals surface area contributed by atoms with Gasteiger partial charge in [-0.3, -0.25) is 4.79 Å². The van der Waals surface area contributed by atoms with Gasteiger partial charge in [0.05, 0.1) is 15.7 Å². The molecular formula is C10H8BrCl2NO. The molecule has 0 N–H and O–H groups in total. The Labute approximate surface area is 106 Å². The normalized spacial score (nSPS) is 21.1. The number of carbonyl (C=O) groups excluding carboxylic acids is 1. The summed E-state index contributed by atoms with van der Waals surface area (Å²) in [6.07, 6.45) is 0.488. The van der Waals surface area contributed by atoms with Gasteiger partial charge in [0.2, 0.25) is 5.91 Å². The maximum Gasteiger partial charge on any atom is 0.228 e. The van der Waals surface area contributed by atoms with Crippen LogP contribution in [0.5, 0.6) is 0 Å². The van der Waals surface area contributed by atoms with Crippen molar-refractivity contribution >= 4 is 50.7 Å². The number of nitrogens with zero attached hydrogens (tertiary/aromatic N) is 1. The van der Waals surface area contributed by atoms with Crippen molar-refractivity contribution in [2.45, 2.75) is 11.2 Å². The molecule has 1 atom stereocenters. The van der Waals surface area contributed by atoms with Gasteiger partial charge < -0.3 is 4.90 Å². The van der Waals surface area contributed by atoms with E-state index >= 15 is 0 Å². The summed E-state index contributed by atoms with van der Waals surface area (Å²) in [5.74, 6) is 0.0480. The van der Waals surface area contributed by atoms with Gasteiger partial charge in [-0.25, -0.2) is 0 Å². The Kier molecular flexibility index (Phi) is 3.24. The zero-order chi connectivity index (χ0) is 11.0. The predicted molar refractivity (Wildman–Crippen MR) is 66.1 cm³/mol. The molecule has 1 fully saturated rings. The van der Waals surface area contributed by atoms with E-state index in [0.29, 0.717) is 28.7 Å². The molecule has 0 saturated carbocycles. The van der Waals surface area contributed by atoms with Crippen LogP contribution in [-0.2, 0) is 4.79 Å². The lowest BCUT2D eigenvalue weighted by Crippen LogP contribution is -2.25. The van der Waals surface area contributed by atoms with Gasteiger partial charge in [0, 0.05) is 17.8 Å². The first-order valence-electron chi connectivity index (χ1n) is 4.48. The number of alkyl halides is 1. The Hall–Kier alpha value is -0.250. The molecule has 5 heteroatoms. The fraction of sp³-hybridized carbons (Fsp3) is 0.300. The number of anilines is 1. The van der Waals surface area contributed by atoms with E-state index in [1.54, 1.807) is 23.1 Å². The van der Waals surface area contributed by atoms with Gasteiger partial charge in [-0.05, 0) is 12.1 Å². The van der Waals surface area contributed by atoms with Crippen LogP contribution in [0.2, 0.25) is 10.0 Å². The van der Waals surface area contributed by atoms with E-state index in [4.69, 9.17) is 23.2 Å². The van der Waals surface area contributed by atoms with Crippen LogP contribution >= 0.6 is 39.1 Å². The fourth-order valence-electron chi connectivity index (χ4n) is 1.63. The SMILES string of the molecule is O=C1CC(Br)CN1c1c(Cl)cccc1Cl. The summed E-state index contributed by atoms with van der Waals surface area (Å²) in [4.78, 5) is 13.5. The molecule has 1 saturated heterocycles. The summed E-state index contributed by atoms with van der Waals surface area (Å²) in [6.45, 7) is 0.613. The van der Waals surface area contributed by atoms with Gasteiger partial charge >= 0.3 is 0 Å². The maximum atomic E-state index is 11.7. The maximum absolute atomic E-state index is 11.7. The molecule has 0 aliphatic carbocycles. The van der Waals surface area contributed by atoms with E-state index in [2.05, 4.69) is 15.9 Å². The smallest absolute Gasteiger partial charge is 0.228 e. The Morgan fingerprint density at radius 3 is 2.40 bits per heavy atom. The quantitative estimate of drug-likeness (QED) is 0.727. The third-order valence-electron chi connectivity index (χ3n) is 2.29. The third kappa shape index (κ3) is 2.14. The van der Waals surface area contributed by atoms with Gasteiger partial charge in [0.1, 0.15) is 0 Å². The highest BCUT2D eigenvalue weighted by Gasteiger charge is 2.31. The minimum absolute atomic E-state index is 0.0480. The summed E-state index contributed by atoms with van der Waals surface area (Å²) in [7, 11) is 0. The summed E-state index contributed by atoms with van der Waals surface area (Å²) in [6, 6.07) is 5.23. The van der Waals surface area contributed by atoms with E-state index in [9.17, 15) is 4.79 Å². The molecule has 0 radical (unpaired) electrons. The topological polar surface area (TPSA) is 20.3 Å². The van der Waals surface area contributed by atoms with Crippen molar-refractivity contribution in [3.05, 3.63) is 28.2 Å². The second-order valence-electron chi connectivity index (χ2n) is 3.38. The van der Waals surface area contributed by atoms with Crippen LogP contribution in [0.4, 0.5) is 5.69 Å². The van der Waals surface area contributed by atoms with E-state index in [-0.39, 0.29) is 10.7 Å². The lowest BCUT2D eigenvalue weighted by molar-refractivity contribution is -0.117. The van der Waals surface area contributed by atoms with Gasteiger partial charge in [-0.2, -0.15) is 0 Å². The number of halogens is 3. The fourth-order valence-corrected chi connectivity index (χ4v) is 2.80. The van der Waals surface area contributed by atoms with E-state index in [1.165, 1.54) is 0 Å². The number of rotatable bonds is 1. The minimum atomic E-state index is 0.0480. The molecule has 2 rings (SSSR count). The van der Waals surface area contributed by atoms with Crippen molar-refractivity contribution < 1.29 is 4.79 Å². The van der Waals surface area contributed by atoms with E-state index in [1.807, 2.05) is 0 Å². The molecule has 0 aromatic heterocycles. The van der Waals surface area contributed by atoms with Crippen LogP contribution in [0, 0.1) is 0 Å². The zero-order valence-electron chi connectivity index (χ0n) is 7.71. The first-order chi connectivity index (χ1) is 7.09. The van der Waals surface area contributed by atoms with Crippen molar-refractivity contribution in [2.24, 2.45) is 0 Å². The lowest BCUT2D eigenvalue weighted by Gasteiger charge is -2.18. The van der Waals surface area contributed by atoms with Crippen LogP contribution in [0.15, 0.2) is 18.2 Å². The van der Waals surface area contributed by atoms with Crippen LogP contribution < -0.4 is 4.90 Å². The Balaban J connectivity index is 2.41. The van der Waals surface area contributed by atoms with Gasteiger partial charge in [0.15, 0.2) is 0 Å². The van der Waals surface area contributed by atoms with Crippen molar-refractivity contribution in [2.75, 3.05) is 11.4 Å². The molecule has 1 amide bonds. The first kappa shape index (κ1) is 11.2. The molecule has 0 spiro atoms. The van der Waals surface area contributed by atoms with Crippen LogP contribution in [0.1, 0.15) is 6.42 Å². The van der Waals surface area contributed by atoms with Crippen molar-refractivity contribution in [3.8, 4) is 0 Å². The standard InChI is InChI=1S/C10H8BrCl2NO/c11-6-4-9(15)14(5-6)10-7(12)2-1-3-8(10)13/h1-3,6H,4-5H2. The lowest BCUT2D eigenvalue weighted by atomic mass is 10.3. The summed E-state index contributed by atoms with van der Waals surface area (Å²) in [5, 5.41) is 1.02. The molecule has 1 aliphatic heterocycles. The Morgan fingerprint density at radius 1 is 1.33 bits per heavy atom. The second-order valence-corrected chi connectivity index (χ2v) is 5.49. The molecule has 1 aromatic carbocycles. The summed E-state index contributed by atoms with van der Waals surface area (Å²) < 4.78 is 0. The zero-order valence-corrected chi connectivity index (χ0v) is 10.8. The monoisotopic (exact) mass is 307 g/mol.